The Kier molecular flexibility index (Phi) is 12.3. The smallest absolute Gasteiger partial charge is 0.335 e. The van der Waals surface area contributed by atoms with E-state index in [1.54, 1.807) is 28.7 Å². The van der Waals surface area contributed by atoms with E-state index in [4.69, 9.17) is 10.8 Å². The topological polar surface area (TPSA) is 92.4 Å². The molecule has 2 aromatic heterocycles. The van der Waals surface area contributed by atoms with Crippen LogP contribution in [0.2, 0.25) is 0 Å². The van der Waals surface area contributed by atoms with Gasteiger partial charge in [0.15, 0.2) is 0 Å². The number of nitrogens with two attached hydrogens (primary N) is 1. The molecule has 1 amide bonds. The predicted molar refractivity (Wildman–Crippen MR) is 137 cm³/mol. The Morgan fingerprint density at radius 2 is 1.34 bits per heavy atom. The summed E-state index contributed by atoms with van der Waals surface area (Å²) in [5.74, 6) is -2.27. The number of carboxylic acid groups (broad SMARTS) is 1. The molecule has 0 unspecified atom stereocenters. The van der Waals surface area contributed by atoms with Crippen LogP contribution in [0.4, 0.5) is 8.78 Å². The van der Waals surface area contributed by atoms with Gasteiger partial charge in [-0.05, 0) is 78.7 Å². The summed E-state index contributed by atoms with van der Waals surface area (Å²) in [6, 6.07) is 18.7. The van der Waals surface area contributed by atoms with Gasteiger partial charge in [0, 0.05) is 21.9 Å². The second-order valence-electron chi connectivity index (χ2n) is 7.03. The van der Waals surface area contributed by atoms with E-state index in [9.17, 15) is 18.4 Å². The van der Waals surface area contributed by atoms with Crippen molar-refractivity contribution in [3.63, 3.8) is 0 Å². The Bertz CT molecular complexity index is 1170. The third kappa shape index (κ3) is 11.0. The third-order valence-electron chi connectivity index (χ3n) is 4.37. The largest absolute Gasteiger partial charge is 0.478 e. The molecule has 0 atom stereocenters. The van der Waals surface area contributed by atoms with E-state index < -0.39 is 17.6 Å². The van der Waals surface area contributed by atoms with Crippen LogP contribution in [0.25, 0.3) is 0 Å². The van der Waals surface area contributed by atoms with Crippen molar-refractivity contribution in [2.45, 2.75) is 12.8 Å². The molecule has 0 bridgehead atoms. The Hall–Kier alpha value is -3.40. The number of hydrogen-bond donors (Lipinski definition) is 3. The van der Waals surface area contributed by atoms with Crippen molar-refractivity contribution in [1.29, 1.82) is 0 Å². The van der Waals surface area contributed by atoms with Crippen LogP contribution in [0.3, 0.4) is 0 Å². The SMILES string of the molecule is NCCc1cccs1.O=C(NCCc1cccs1)c1cccc(F)c1.O=C(O)c1cccc(F)c1. The first-order valence-electron chi connectivity index (χ1n) is 10.7. The molecule has 0 aliphatic carbocycles. The zero-order valence-electron chi connectivity index (χ0n) is 18.8. The van der Waals surface area contributed by atoms with Gasteiger partial charge in [-0.3, -0.25) is 4.79 Å². The highest BCUT2D eigenvalue weighted by atomic mass is 32.1. The average Bonchev–Trinajstić information content (AvgIpc) is 3.55. The van der Waals surface area contributed by atoms with Crippen molar-refractivity contribution in [1.82, 2.24) is 5.32 Å². The zero-order chi connectivity index (χ0) is 25.5. The number of aromatic carboxylic acids is 1. The van der Waals surface area contributed by atoms with E-state index in [0.29, 0.717) is 12.1 Å². The second-order valence-corrected chi connectivity index (χ2v) is 9.09. The van der Waals surface area contributed by atoms with Gasteiger partial charge in [-0.15, -0.1) is 22.7 Å². The molecular formula is C26H26F2N2O3S2. The summed E-state index contributed by atoms with van der Waals surface area (Å²) in [4.78, 5) is 24.4. The van der Waals surface area contributed by atoms with Crippen LogP contribution in [-0.2, 0) is 12.8 Å². The number of nitrogens with one attached hydrogen (secondary N) is 1. The number of halogens is 2. The summed E-state index contributed by atoms with van der Waals surface area (Å²) in [5.41, 5.74) is 5.66. The van der Waals surface area contributed by atoms with E-state index in [2.05, 4.69) is 22.8 Å². The van der Waals surface area contributed by atoms with Gasteiger partial charge >= 0.3 is 5.97 Å². The van der Waals surface area contributed by atoms with Gasteiger partial charge in [0.05, 0.1) is 5.56 Å². The van der Waals surface area contributed by atoms with Gasteiger partial charge < -0.3 is 16.2 Å². The summed E-state index contributed by atoms with van der Waals surface area (Å²) in [6.07, 6.45) is 1.83. The van der Waals surface area contributed by atoms with Crippen LogP contribution in [0.5, 0.6) is 0 Å². The Morgan fingerprint density at radius 3 is 1.80 bits per heavy atom. The van der Waals surface area contributed by atoms with Crippen LogP contribution in [0.1, 0.15) is 30.5 Å². The van der Waals surface area contributed by atoms with Crippen LogP contribution < -0.4 is 11.1 Å². The highest BCUT2D eigenvalue weighted by molar-refractivity contribution is 7.10. The molecule has 2 aromatic carbocycles. The minimum absolute atomic E-state index is 0.0278. The first kappa shape index (κ1) is 27.8. The number of amides is 1. The van der Waals surface area contributed by atoms with Crippen molar-refractivity contribution in [2.75, 3.05) is 13.1 Å². The van der Waals surface area contributed by atoms with Gasteiger partial charge in [-0.1, -0.05) is 24.3 Å². The van der Waals surface area contributed by atoms with E-state index in [1.165, 1.54) is 46.2 Å². The van der Waals surface area contributed by atoms with E-state index >= 15 is 0 Å². The van der Waals surface area contributed by atoms with E-state index in [0.717, 1.165) is 25.5 Å². The van der Waals surface area contributed by atoms with Crippen molar-refractivity contribution in [2.24, 2.45) is 5.73 Å². The fourth-order valence-corrected chi connectivity index (χ4v) is 4.14. The minimum Gasteiger partial charge on any atom is -0.478 e. The molecule has 0 saturated heterocycles. The number of carbonyl (C=O) groups is 2. The fraction of sp³-hybridized carbons (Fsp3) is 0.154. The molecule has 184 valence electrons. The molecule has 2 heterocycles. The highest BCUT2D eigenvalue weighted by Gasteiger charge is 2.05. The summed E-state index contributed by atoms with van der Waals surface area (Å²) >= 11 is 3.43. The first-order valence-corrected chi connectivity index (χ1v) is 12.4. The lowest BCUT2D eigenvalue weighted by atomic mass is 10.2. The lowest BCUT2D eigenvalue weighted by molar-refractivity contribution is 0.0696. The maximum atomic E-state index is 12.9. The zero-order valence-corrected chi connectivity index (χ0v) is 20.5. The van der Waals surface area contributed by atoms with Crippen LogP contribution in [-0.4, -0.2) is 30.1 Å². The molecule has 0 aliphatic rings. The lowest BCUT2D eigenvalue weighted by Crippen LogP contribution is -2.25. The van der Waals surface area contributed by atoms with Crippen LogP contribution >= 0.6 is 22.7 Å². The van der Waals surface area contributed by atoms with Gasteiger partial charge in [-0.2, -0.15) is 0 Å². The number of thiophene rings is 2. The molecule has 9 heteroatoms. The van der Waals surface area contributed by atoms with E-state index in [1.807, 2.05) is 17.5 Å². The molecule has 0 spiro atoms. The molecule has 35 heavy (non-hydrogen) atoms. The monoisotopic (exact) mass is 516 g/mol. The Balaban J connectivity index is 0.000000204. The summed E-state index contributed by atoms with van der Waals surface area (Å²) in [7, 11) is 0. The molecular weight excluding hydrogens is 490 g/mol. The molecule has 4 aromatic rings. The molecule has 0 aliphatic heterocycles. The Morgan fingerprint density at radius 1 is 0.800 bits per heavy atom. The van der Waals surface area contributed by atoms with Crippen molar-refractivity contribution < 1.29 is 23.5 Å². The standard InChI is InChI=1S/C13H12FNOS.C7H5FO2.C6H9NS/c14-11-4-1-3-10(9-11)13(16)15-7-6-12-5-2-8-17-12;8-6-3-1-2-5(4-6)7(9)10;7-4-3-6-2-1-5-8-6/h1-5,8-9H,6-7H2,(H,15,16);1-4H,(H,9,10);1-2,5H,3-4,7H2. The van der Waals surface area contributed by atoms with Gasteiger partial charge in [0.2, 0.25) is 0 Å². The van der Waals surface area contributed by atoms with Crippen LogP contribution in [0, 0.1) is 11.6 Å². The third-order valence-corrected chi connectivity index (χ3v) is 6.24. The number of rotatable bonds is 7. The fourth-order valence-electron chi connectivity index (χ4n) is 2.70. The number of carboxylic acids is 1. The first-order chi connectivity index (χ1) is 16.9. The maximum Gasteiger partial charge on any atom is 0.335 e. The lowest BCUT2D eigenvalue weighted by Gasteiger charge is -2.04. The molecule has 4 N–H and O–H groups in total. The minimum atomic E-state index is -1.11. The Labute approximate surface area is 210 Å². The van der Waals surface area contributed by atoms with Gasteiger partial charge in [0.1, 0.15) is 11.6 Å². The molecule has 0 saturated carbocycles. The highest BCUT2D eigenvalue weighted by Crippen LogP contribution is 2.09. The summed E-state index contributed by atoms with van der Waals surface area (Å²) in [5, 5.41) is 15.2. The number of hydrogen-bond acceptors (Lipinski definition) is 5. The van der Waals surface area contributed by atoms with Crippen molar-refractivity contribution >= 4 is 34.6 Å². The predicted octanol–water partition coefficient (Wildman–Crippen LogP) is 5.63. The quantitative estimate of drug-likeness (QED) is 0.297. The number of carbonyl (C=O) groups excluding carboxylic acids is 1. The van der Waals surface area contributed by atoms with Crippen molar-refractivity contribution in [3.8, 4) is 0 Å². The molecule has 5 nitrogen and oxygen atoms in total. The molecule has 0 fully saturated rings. The van der Waals surface area contributed by atoms with E-state index in [-0.39, 0.29) is 11.5 Å². The second kappa shape index (κ2) is 15.5. The summed E-state index contributed by atoms with van der Waals surface area (Å²) < 4.78 is 25.2. The normalized spacial score (nSPS) is 9.80. The van der Waals surface area contributed by atoms with Crippen molar-refractivity contribution in [3.05, 3.63) is 116 Å². The van der Waals surface area contributed by atoms with Crippen LogP contribution in [0.15, 0.2) is 83.6 Å². The average molecular weight is 517 g/mol. The molecule has 4 rings (SSSR count). The maximum absolute atomic E-state index is 12.9. The van der Waals surface area contributed by atoms with Gasteiger partial charge in [0.25, 0.3) is 5.91 Å². The number of benzene rings is 2. The molecule has 0 radical (unpaired) electrons. The van der Waals surface area contributed by atoms with Gasteiger partial charge in [-0.25, -0.2) is 13.6 Å². The summed E-state index contributed by atoms with van der Waals surface area (Å²) in [6.45, 7) is 1.33.